The highest BCUT2D eigenvalue weighted by Gasteiger charge is 2.48. The van der Waals surface area contributed by atoms with Gasteiger partial charge >= 0.3 is 5.97 Å². The zero-order valence-corrected chi connectivity index (χ0v) is 12.9. The smallest absolute Gasteiger partial charge is 0.306 e. The van der Waals surface area contributed by atoms with Gasteiger partial charge < -0.3 is 9.84 Å². The molecule has 0 amide bonds. The summed E-state index contributed by atoms with van der Waals surface area (Å²) in [5.41, 5.74) is 0.440. The monoisotopic (exact) mass is 280 g/mol. The molecule has 3 fully saturated rings. The van der Waals surface area contributed by atoms with E-state index in [0.717, 1.165) is 38.7 Å². The van der Waals surface area contributed by atoms with Gasteiger partial charge in [-0.25, -0.2) is 0 Å². The molecule has 0 radical (unpaired) electrons. The zero-order valence-electron chi connectivity index (χ0n) is 12.9. The molecule has 3 heteroatoms. The van der Waals surface area contributed by atoms with Gasteiger partial charge in [-0.15, -0.1) is 0 Å². The van der Waals surface area contributed by atoms with Gasteiger partial charge in [0.15, 0.2) is 0 Å². The van der Waals surface area contributed by atoms with Crippen molar-refractivity contribution in [3.8, 4) is 0 Å². The summed E-state index contributed by atoms with van der Waals surface area (Å²) in [6, 6.07) is 0. The first-order chi connectivity index (χ1) is 9.41. The first-order valence-electron chi connectivity index (χ1n) is 8.28. The molecule has 0 aromatic heterocycles. The molecule has 1 N–H and O–H groups in total. The van der Waals surface area contributed by atoms with Crippen LogP contribution in [0.1, 0.15) is 65.2 Å². The van der Waals surface area contributed by atoms with Gasteiger partial charge in [-0.3, -0.25) is 4.79 Å². The normalized spacial score (nSPS) is 39.2. The van der Waals surface area contributed by atoms with Crippen LogP contribution in [0.25, 0.3) is 0 Å². The summed E-state index contributed by atoms with van der Waals surface area (Å²) < 4.78 is 6.02. The number of rotatable bonds is 2. The zero-order chi connectivity index (χ0) is 14.4. The van der Waals surface area contributed by atoms with E-state index < -0.39 is 5.97 Å². The fraction of sp³-hybridized carbons (Fsp3) is 0.941. The van der Waals surface area contributed by atoms with Crippen molar-refractivity contribution < 1.29 is 14.6 Å². The minimum Gasteiger partial charge on any atom is -0.481 e. The van der Waals surface area contributed by atoms with Crippen LogP contribution in [0, 0.1) is 23.2 Å². The van der Waals surface area contributed by atoms with Gasteiger partial charge in [-0.05, 0) is 68.6 Å². The summed E-state index contributed by atoms with van der Waals surface area (Å²) in [7, 11) is 0. The molecule has 3 aliphatic rings. The second-order valence-corrected chi connectivity index (χ2v) is 8.15. The van der Waals surface area contributed by atoms with Crippen LogP contribution in [0.2, 0.25) is 0 Å². The standard InChI is InChI=1S/C17H28O3/c1-16(2)8-4-13(15(18)19)14(11-16)12-5-9-20-17(10-12)6-3-7-17/h12-14H,3-11H2,1-2H3,(H,18,19). The SMILES string of the molecule is CC1(C)CCC(C(=O)O)C(C2CCOC3(CCC3)C2)C1. The van der Waals surface area contributed by atoms with E-state index in [0.29, 0.717) is 17.3 Å². The van der Waals surface area contributed by atoms with Crippen molar-refractivity contribution in [2.45, 2.75) is 70.8 Å². The Morgan fingerprint density at radius 2 is 1.90 bits per heavy atom. The van der Waals surface area contributed by atoms with E-state index in [-0.39, 0.29) is 11.5 Å². The minimum absolute atomic E-state index is 0.122. The van der Waals surface area contributed by atoms with Gasteiger partial charge in [0.25, 0.3) is 0 Å². The van der Waals surface area contributed by atoms with Crippen LogP contribution in [-0.2, 0) is 9.53 Å². The van der Waals surface area contributed by atoms with Gasteiger partial charge in [0, 0.05) is 6.61 Å². The molecule has 0 aromatic rings. The third kappa shape index (κ3) is 2.61. The summed E-state index contributed by atoms with van der Waals surface area (Å²) in [5.74, 6) is 0.227. The van der Waals surface area contributed by atoms with Crippen molar-refractivity contribution in [1.82, 2.24) is 0 Å². The molecule has 3 unspecified atom stereocenters. The lowest BCUT2D eigenvalue weighted by molar-refractivity contribution is -0.166. The summed E-state index contributed by atoms with van der Waals surface area (Å²) in [4.78, 5) is 11.6. The predicted octanol–water partition coefficient (Wildman–Crippen LogP) is 3.86. The van der Waals surface area contributed by atoms with Crippen molar-refractivity contribution in [1.29, 1.82) is 0 Å². The summed E-state index contributed by atoms with van der Waals surface area (Å²) in [6.07, 6.45) is 8.82. The van der Waals surface area contributed by atoms with E-state index in [1.165, 1.54) is 19.3 Å². The van der Waals surface area contributed by atoms with Crippen molar-refractivity contribution in [3.05, 3.63) is 0 Å². The van der Waals surface area contributed by atoms with Crippen LogP contribution in [0.15, 0.2) is 0 Å². The van der Waals surface area contributed by atoms with Crippen LogP contribution in [-0.4, -0.2) is 23.3 Å². The average molecular weight is 280 g/mol. The molecular formula is C17H28O3. The Balaban J connectivity index is 1.75. The molecule has 1 aliphatic heterocycles. The Kier molecular flexibility index (Phi) is 3.60. The number of carbonyl (C=O) groups is 1. The van der Waals surface area contributed by atoms with Crippen LogP contribution in [0.5, 0.6) is 0 Å². The van der Waals surface area contributed by atoms with Crippen LogP contribution < -0.4 is 0 Å². The second-order valence-electron chi connectivity index (χ2n) is 8.15. The number of hydrogen-bond acceptors (Lipinski definition) is 2. The van der Waals surface area contributed by atoms with Crippen LogP contribution >= 0.6 is 0 Å². The number of hydrogen-bond donors (Lipinski definition) is 1. The maximum atomic E-state index is 11.6. The predicted molar refractivity (Wildman–Crippen MR) is 77.5 cm³/mol. The lowest BCUT2D eigenvalue weighted by atomic mass is 9.59. The van der Waals surface area contributed by atoms with Crippen LogP contribution in [0.4, 0.5) is 0 Å². The van der Waals surface area contributed by atoms with Crippen molar-refractivity contribution in [2.24, 2.45) is 23.2 Å². The molecule has 2 saturated carbocycles. The van der Waals surface area contributed by atoms with Crippen LogP contribution in [0.3, 0.4) is 0 Å². The molecule has 0 aromatic carbocycles. The molecule has 114 valence electrons. The molecule has 0 bridgehead atoms. The highest BCUT2D eigenvalue weighted by atomic mass is 16.5. The van der Waals surface area contributed by atoms with E-state index >= 15 is 0 Å². The molecule has 1 spiro atoms. The summed E-state index contributed by atoms with van der Waals surface area (Å²) in [5, 5.41) is 9.58. The van der Waals surface area contributed by atoms with Crippen molar-refractivity contribution in [2.75, 3.05) is 6.61 Å². The lowest BCUT2D eigenvalue weighted by Crippen LogP contribution is -2.49. The quantitative estimate of drug-likeness (QED) is 0.835. The highest BCUT2D eigenvalue weighted by Crippen LogP contribution is 2.52. The molecular weight excluding hydrogens is 252 g/mol. The minimum atomic E-state index is -0.570. The number of carboxylic acids is 1. The van der Waals surface area contributed by atoms with Gasteiger partial charge in [0.05, 0.1) is 11.5 Å². The third-order valence-corrected chi connectivity index (χ3v) is 6.16. The molecule has 1 saturated heterocycles. The highest BCUT2D eigenvalue weighted by molar-refractivity contribution is 5.70. The topological polar surface area (TPSA) is 46.5 Å². The first kappa shape index (κ1) is 14.4. The maximum absolute atomic E-state index is 11.6. The van der Waals surface area contributed by atoms with Gasteiger partial charge in [-0.1, -0.05) is 13.8 Å². The number of ether oxygens (including phenoxy) is 1. The lowest BCUT2D eigenvalue weighted by Gasteiger charge is -2.51. The van der Waals surface area contributed by atoms with Gasteiger partial charge in [-0.2, -0.15) is 0 Å². The second kappa shape index (κ2) is 5.01. The van der Waals surface area contributed by atoms with E-state index in [4.69, 9.17) is 4.74 Å². The fourth-order valence-corrected chi connectivity index (χ4v) is 4.80. The first-order valence-corrected chi connectivity index (χ1v) is 8.28. The third-order valence-electron chi connectivity index (χ3n) is 6.16. The average Bonchev–Trinajstić information content (AvgIpc) is 2.35. The Labute approximate surface area is 122 Å². The Bertz CT molecular complexity index is 384. The largest absolute Gasteiger partial charge is 0.481 e. The molecule has 3 rings (SSSR count). The van der Waals surface area contributed by atoms with E-state index in [1.54, 1.807) is 0 Å². The summed E-state index contributed by atoms with van der Waals surface area (Å²) in [6.45, 7) is 5.45. The van der Waals surface area contributed by atoms with Crippen molar-refractivity contribution >= 4 is 5.97 Å². The molecule has 3 atom stereocenters. The maximum Gasteiger partial charge on any atom is 0.306 e. The molecule has 3 nitrogen and oxygen atoms in total. The number of aliphatic carboxylic acids is 1. The van der Waals surface area contributed by atoms with E-state index in [9.17, 15) is 9.90 Å². The fourth-order valence-electron chi connectivity index (χ4n) is 4.80. The van der Waals surface area contributed by atoms with Gasteiger partial charge in [0.1, 0.15) is 0 Å². The Morgan fingerprint density at radius 3 is 2.50 bits per heavy atom. The summed E-state index contributed by atoms with van der Waals surface area (Å²) >= 11 is 0. The Morgan fingerprint density at radius 1 is 1.15 bits per heavy atom. The molecule has 20 heavy (non-hydrogen) atoms. The Hall–Kier alpha value is -0.570. The van der Waals surface area contributed by atoms with Crippen molar-refractivity contribution in [3.63, 3.8) is 0 Å². The number of carboxylic acid groups (broad SMARTS) is 1. The van der Waals surface area contributed by atoms with E-state index in [2.05, 4.69) is 13.8 Å². The molecule has 1 heterocycles. The van der Waals surface area contributed by atoms with Gasteiger partial charge in [0.2, 0.25) is 0 Å². The van der Waals surface area contributed by atoms with E-state index in [1.807, 2.05) is 0 Å². The molecule has 2 aliphatic carbocycles.